The van der Waals surface area contributed by atoms with Crippen LogP contribution in [0.1, 0.15) is 29.1 Å². The van der Waals surface area contributed by atoms with E-state index in [2.05, 4.69) is 10.1 Å². The summed E-state index contributed by atoms with van der Waals surface area (Å²) in [6.07, 6.45) is 0. The van der Waals surface area contributed by atoms with Crippen molar-refractivity contribution in [3.63, 3.8) is 0 Å². The molecule has 1 N–H and O–H groups in total. The van der Waals surface area contributed by atoms with Crippen LogP contribution in [0, 0.1) is 0 Å². The molecule has 0 unspecified atom stereocenters. The van der Waals surface area contributed by atoms with Crippen molar-refractivity contribution in [2.24, 2.45) is 0 Å². The number of rotatable bonds is 5. The Bertz CT molecular complexity index is 810. The number of para-hydroxylation sites is 1. The van der Waals surface area contributed by atoms with Crippen LogP contribution < -0.4 is 10.1 Å². The van der Waals surface area contributed by atoms with Gasteiger partial charge in [0.2, 0.25) is 0 Å². The first-order valence-electron chi connectivity index (χ1n) is 7.37. The van der Waals surface area contributed by atoms with Crippen molar-refractivity contribution in [3.05, 3.63) is 65.9 Å². The fourth-order valence-corrected chi connectivity index (χ4v) is 2.38. The third kappa shape index (κ3) is 3.53. The Kier molecular flexibility index (Phi) is 4.46. The van der Waals surface area contributed by atoms with Gasteiger partial charge in [0.05, 0.1) is 6.04 Å². The first-order valence-corrected chi connectivity index (χ1v) is 7.37. The lowest BCUT2D eigenvalue weighted by atomic mass is 10.1. The third-order valence-electron chi connectivity index (χ3n) is 3.60. The Morgan fingerprint density at radius 2 is 1.83 bits per heavy atom. The summed E-state index contributed by atoms with van der Waals surface area (Å²) in [6, 6.07) is 14.8. The molecule has 2 aromatic carbocycles. The molecule has 1 amide bonds. The minimum atomic E-state index is -2.86. The maximum Gasteiger partial charge on any atom is 0.387 e. The second kappa shape index (κ2) is 6.70. The highest BCUT2D eigenvalue weighted by Crippen LogP contribution is 2.21. The van der Waals surface area contributed by atoms with Crippen molar-refractivity contribution in [3.8, 4) is 5.75 Å². The summed E-state index contributed by atoms with van der Waals surface area (Å²) < 4.78 is 34.1. The van der Waals surface area contributed by atoms with Gasteiger partial charge in [0, 0.05) is 5.39 Å². The number of hydrogen-bond acceptors (Lipinski definition) is 3. The van der Waals surface area contributed by atoms with Gasteiger partial charge in [-0.25, -0.2) is 0 Å². The van der Waals surface area contributed by atoms with Gasteiger partial charge in [0.25, 0.3) is 5.91 Å². The molecule has 1 atom stereocenters. The van der Waals surface area contributed by atoms with E-state index in [4.69, 9.17) is 4.42 Å². The summed E-state index contributed by atoms with van der Waals surface area (Å²) >= 11 is 0. The Balaban J connectivity index is 1.69. The predicted molar refractivity (Wildman–Crippen MR) is 85.2 cm³/mol. The number of fused-ring (bicyclic) bond motifs is 1. The lowest BCUT2D eigenvalue weighted by Gasteiger charge is -2.14. The number of benzene rings is 2. The molecule has 3 aromatic rings. The normalized spacial score (nSPS) is 12.3. The molecule has 124 valence electrons. The van der Waals surface area contributed by atoms with Gasteiger partial charge in [-0.1, -0.05) is 30.3 Å². The molecule has 0 aliphatic carbocycles. The minimum Gasteiger partial charge on any atom is -0.451 e. The molecule has 0 aliphatic heterocycles. The Hall–Kier alpha value is -2.89. The van der Waals surface area contributed by atoms with Gasteiger partial charge in [-0.3, -0.25) is 4.79 Å². The van der Waals surface area contributed by atoms with Gasteiger partial charge < -0.3 is 14.5 Å². The standard InChI is InChI=1S/C18H15F2NO3/c1-11(12-6-8-14(9-7-12)23-18(19)20)21-17(22)16-10-13-4-2-3-5-15(13)24-16/h2-11,18H,1H3,(H,21,22)/t11-/m0/s1. The Morgan fingerprint density at radius 3 is 2.50 bits per heavy atom. The molecule has 24 heavy (non-hydrogen) atoms. The van der Waals surface area contributed by atoms with Gasteiger partial charge in [-0.2, -0.15) is 8.78 Å². The average molecular weight is 331 g/mol. The number of ether oxygens (including phenoxy) is 1. The zero-order valence-corrected chi connectivity index (χ0v) is 12.8. The van der Waals surface area contributed by atoms with Crippen LogP contribution in [0.25, 0.3) is 11.0 Å². The van der Waals surface area contributed by atoms with E-state index in [0.29, 0.717) is 5.58 Å². The smallest absolute Gasteiger partial charge is 0.387 e. The van der Waals surface area contributed by atoms with Crippen LogP contribution in [0.3, 0.4) is 0 Å². The molecule has 6 heteroatoms. The Morgan fingerprint density at radius 1 is 1.12 bits per heavy atom. The van der Waals surface area contributed by atoms with Crippen LogP contribution in [0.5, 0.6) is 5.75 Å². The average Bonchev–Trinajstić information content (AvgIpc) is 2.99. The van der Waals surface area contributed by atoms with Crippen LogP contribution in [-0.2, 0) is 0 Å². The first-order chi connectivity index (χ1) is 11.5. The molecular formula is C18H15F2NO3. The van der Waals surface area contributed by atoms with Crippen LogP contribution in [0.2, 0.25) is 0 Å². The van der Waals surface area contributed by atoms with Gasteiger partial charge in [0.1, 0.15) is 11.3 Å². The number of furan rings is 1. The van der Waals surface area contributed by atoms with E-state index in [9.17, 15) is 13.6 Å². The van der Waals surface area contributed by atoms with Crippen molar-refractivity contribution < 1.29 is 22.7 Å². The van der Waals surface area contributed by atoms with Gasteiger partial charge in [-0.15, -0.1) is 0 Å². The Labute approximate surface area is 137 Å². The summed E-state index contributed by atoms with van der Waals surface area (Å²) in [5.74, 6) is -0.0446. The maximum atomic E-state index is 12.3. The molecule has 0 spiro atoms. The molecule has 1 heterocycles. The van der Waals surface area contributed by atoms with Crippen molar-refractivity contribution in [2.45, 2.75) is 19.6 Å². The second-order valence-electron chi connectivity index (χ2n) is 5.29. The first kappa shape index (κ1) is 16.0. The van der Waals surface area contributed by atoms with Crippen molar-refractivity contribution in [2.75, 3.05) is 0 Å². The van der Waals surface area contributed by atoms with Crippen LogP contribution in [0.4, 0.5) is 8.78 Å². The highest BCUT2D eigenvalue weighted by atomic mass is 19.3. The summed E-state index contributed by atoms with van der Waals surface area (Å²) in [5, 5.41) is 3.66. The zero-order chi connectivity index (χ0) is 17.1. The number of alkyl halides is 2. The number of carbonyl (C=O) groups excluding carboxylic acids is 1. The monoisotopic (exact) mass is 331 g/mol. The minimum absolute atomic E-state index is 0.0737. The predicted octanol–water partition coefficient (Wildman–Crippen LogP) is 4.53. The van der Waals surface area contributed by atoms with E-state index < -0.39 is 6.61 Å². The van der Waals surface area contributed by atoms with Gasteiger partial charge in [-0.05, 0) is 36.8 Å². The van der Waals surface area contributed by atoms with Crippen molar-refractivity contribution in [1.29, 1.82) is 0 Å². The van der Waals surface area contributed by atoms with E-state index in [-0.39, 0.29) is 23.5 Å². The van der Waals surface area contributed by atoms with E-state index in [0.717, 1.165) is 10.9 Å². The topological polar surface area (TPSA) is 51.5 Å². The number of carbonyl (C=O) groups is 1. The van der Waals surface area contributed by atoms with Crippen LogP contribution in [0.15, 0.2) is 59.0 Å². The largest absolute Gasteiger partial charge is 0.451 e. The molecule has 0 aliphatic rings. The van der Waals surface area contributed by atoms with Crippen molar-refractivity contribution in [1.82, 2.24) is 5.32 Å². The van der Waals surface area contributed by atoms with Gasteiger partial charge in [0.15, 0.2) is 5.76 Å². The molecule has 0 saturated heterocycles. The molecule has 0 radical (unpaired) electrons. The number of nitrogens with one attached hydrogen (secondary N) is 1. The molecular weight excluding hydrogens is 316 g/mol. The van der Waals surface area contributed by atoms with Gasteiger partial charge >= 0.3 is 6.61 Å². The molecule has 0 saturated carbocycles. The van der Waals surface area contributed by atoms with Crippen LogP contribution >= 0.6 is 0 Å². The maximum absolute atomic E-state index is 12.3. The van der Waals surface area contributed by atoms with E-state index >= 15 is 0 Å². The SMILES string of the molecule is C[C@H](NC(=O)c1cc2ccccc2o1)c1ccc(OC(F)F)cc1. The highest BCUT2D eigenvalue weighted by molar-refractivity contribution is 5.96. The number of halogens is 2. The summed E-state index contributed by atoms with van der Waals surface area (Å²) in [4.78, 5) is 12.3. The molecule has 0 bridgehead atoms. The molecule has 1 aromatic heterocycles. The lowest BCUT2D eigenvalue weighted by molar-refractivity contribution is -0.0498. The fourth-order valence-electron chi connectivity index (χ4n) is 2.38. The van der Waals surface area contributed by atoms with Crippen molar-refractivity contribution >= 4 is 16.9 Å². The van der Waals surface area contributed by atoms with E-state index in [1.54, 1.807) is 31.2 Å². The quantitative estimate of drug-likeness (QED) is 0.747. The lowest BCUT2D eigenvalue weighted by Crippen LogP contribution is -2.26. The summed E-state index contributed by atoms with van der Waals surface area (Å²) in [7, 11) is 0. The number of hydrogen-bond donors (Lipinski definition) is 1. The summed E-state index contributed by atoms with van der Waals surface area (Å²) in [6.45, 7) is -1.06. The number of amides is 1. The molecule has 3 rings (SSSR count). The third-order valence-corrected chi connectivity index (χ3v) is 3.60. The zero-order valence-electron chi connectivity index (χ0n) is 12.8. The fraction of sp³-hybridized carbons (Fsp3) is 0.167. The van der Waals surface area contributed by atoms with Crippen LogP contribution in [-0.4, -0.2) is 12.5 Å². The highest BCUT2D eigenvalue weighted by Gasteiger charge is 2.16. The van der Waals surface area contributed by atoms with E-state index in [1.165, 1.54) is 12.1 Å². The van der Waals surface area contributed by atoms with E-state index in [1.807, 2.05) is 18.2 Å². The molecule has 0 fully saturated rings. The summed E-state index contributed by atoms with van der Waals surface area (Å²) in [5.41, 5.74) is 1.41. The molecule has 4 nitrogen and oxygen atoms in total. The second-order valence-corrected chi connectivity index (χ2v) is 5.29.